The van der Waals surface area contributed by atoms with E-state index in [1.165, 1.54) is 12.8 Å². The van der Waals surface area contributed by atoms with E-state index in [0.29, 0.717) is 12.5 Å². The molecule has 17 heavy (non-hydrogen) atoms. The van der Waals surface area contributed by atoms with Crippen LogP contribution < -0.4 is 10.6 Å². The number of nitrogens with two attached hydrogens (primary N) is 1. The molecular formula is C14H20N2O. The molecule has 1 saturated carbocycles. The molecule has 1 aliphatic carbocycles. The van der Waals surface area contributed by atoms with E-state index in [-0.39, 0.29) is 11.8 Å². The van der Waals surface area contributed by atoms with E-state index in [2.05, 4.69) is 0 Å². The van der Waals surface area contributed by atoms with Gasteiger partial charge in [0.15, 0.2) is 0 Å². The maximum atomic E-state index is 12.2. The van der Waals surface area contributed by atoms with E-state index in [1.54, 1.807) is 4.90 Å². The van der Waals surface area contributed by atoms with Crippen molar-refractivity contribution in [3.05, 3.63) is 29.8 Å². The molecule has 1 unspecified atom stereocenters. The summed E-state index contributed by atoms with van der Waals surface area (Å²) < 4.78 is 0. The molecule has 0 saturated heterocycles. The lowest BCUT2D eigenvalue weighted by atomic mass is 10.0. The number of nitrogens with zero attached hydrogens (tertiary/aromatic N) is 1. The standard InChI is InChI=1S/C14H20N2O/c1-10(12-5-6-12)14(17)16(2)13-7-3-11(9-15)4-8-13/h3-4,7-8,10,12H,5-6,9,15H2,1-2H3. The highest BCUT2D eigenvalue weighted by Crippen LogP contribution is 2.37. The minimum absolute atomic E-state index is 0.147. The van der Waals surface area contributed by atoms with Crippen LogP contribution in [0.5, 0.6) is 0 Å². The van der Waals surface area contributed by atoms with Gasteiger partial charge in [0.05, 0.1) is 0 Å². The van der Waals surface area contributed by atoms with Gasteiger partial charge >= 0.3 is 0 Å². The molecular weight excluding hydrogens is 212 g/mol. The molecule has 1 aromatic rings. The number of benzene rings is 1. The summed E-state index contributed by atoms with van der Waals surface area (Å²) in [6, 6.07) is 7.86. The SMILES string of the molecule is CC(C(=O)N(C)c1ccc(CN)cc1)C1CC1. The van der Waals surface area contributed by atoms with Crippen molar-refractivity contribution in [1.82, 2.24) is 0 Å². The molecule has 92 valence electrons. The van der Waals surface area contributed by atoms with E-state index in [0.717, 1.165) is 11.3 Å². The first-order chi connectivity index (χ1) is 8.13. The highest BCUT2D eigenvalue weighted by molar-refractivity contribution is 5.94. The predicted molar refractivity (Wildman–Crippen MR) is 69.6 cm³/mol. The molecule has 0 spiro atoms. The van der Waals surface area contributed by atoms with Crippen LogP contribution in [-0.2, 0) is 11.3 Å². The van der Waals surface area contributed by atoms with Gasteiger partial charge in [0, 0.05) is 25.2 Å². The van der Waals surface area contributed by atoms with Crippen molar-refractivity contribution in [2.75, 3.05) is 11.9 Å². The largest absolute Gasteiger partial charge is 0.326 e. The molecule has 2 N–H and O–H groups in total. The van der Waals surface area contributed by atoms with E-state index >= 15 is 0 Å². The van der Waals surface area contributed by atoms with E-state index in [1.807, 2.05) is 38.2 Å². The summed E-state index contributed by atoms with van der Waals surface area (Å²) in [7, 11) is 1.85. The van der Waals surface area contributed by atoms with Crippen molar-refractivity contribution in [2.45, 2.75) is 26.3 Å². The van der Waals surface area contributed by atoms with Crippen LogP contribution >= 0.6 is 0 Å². The Kier molecular flexibility index (Phi) is 3.48. The van der Waals surface area contributed by atoms with Crippen LogP contribution in [0, 0.1) is 11.8 Å². The van der Waals surface area contributed by atoms with Crippen molar-refractivity contribution in [3.63, 3.8) is 0 Å². The van der Waals surface area contributed by atoms with Gasteiger partial charge in [-0.15, -0.1) is 0 Å². The van der Waals surface area contributed by atoms with Gasteiger partial charge < -0.3 is 10.6 Å². The Morgan fingerprint density at radius 3 is 2.47 bits per heavy atom. The Hall–Kier alpha value is -1.35. The monoisotopic (exact) mass is 232 g/mol. The van der Waals surface area contributed by atoms with E-state index < -0.39 is 0 Å². The van der Waals surface area contributed by atoms with Gasteiger partial charge in [-0.25, -0.2) is 0 Å². The molecule has 1 amide bonds. The first-order valence-electron chi connectivity index (χ1n) is 6.20. The molecule has 0 radical (unpaired) electrons. The fraction of sp³-hybridized carbons (Fsp3) is 0.500. The third-order valence-electron chi connectivity index (χ3n) is 3.61. The number of carbonyl (C=O) groups excluding carboxylic acids is 1. The number of carbonyl (C=O) groups is 1. The maximum Gasteiger partial charge on any atom is 0.229 e. The van der Waals surface area contributed by atoms with Crippen molar-refractivity contribution in [1.29, 1.82) is 0 Å². The van der Waals surface area contributed by atoms with Crippen LogP contribution in [0.4, 0.5) is 5.69 Å². The first-order valence-corrected chi connectivity index (χ1v) is 6.20. The summed E-state index contributed by atoms with van der Waals surface area (Å²) in [5.74, 6) is 0.968. The van der Waals surface area contributed by atoms with Crippen LogP contribution in [0.3, 0.4) is 0 Å². The maximum absolute atomic E-state index is 12.2. The number of amides is 1. The number of anilines is 1. The average Bonchev–Trinajstić information content (AvgIpc) is 3.20. The summed E-state index contributed by atoms with van der Waals surface area (Å²) >= 11 is 0. The lowest BCUT2D eigenvalue weighted by Crippen LogP contribution is -2.32. The fourth-order valence-electron chi connectivity index (χ4n) is 2.09. The minimum Gasteiger partial charge on any atom is -0.326 e. The molecule has 1 atom stereocenters. The van der Waals surface area contributed by atoms with Crippen LogP contribution in [0.2, 0.25) is 0 Å². The zero-order valence-electron chi connectivity index (χ0n) is 10.5. The van der Waals surface area contributed by atoms with Crippen LogP contribution in [0.15, 0.2) is 24.3 Å². The van der Waals surface area contributed by atoms with Crippen molar-refractivity contribution in [2.24, 2.45) is 17.6 Å². The molecule has 0 bridgehead atoms. The smallest absolute Gasteiger partial charge is 0.229 e. The summed E-state index contributed by atoms with van der Waals surface area (Å²) in [4.78, 5) is 13.9. The lowest BCUT2D eigenvalue weighted by molar-refractivity contribution is -0.122. The minimum atomic E-state index is 0.147. The van der Waals surface area contributed by atoms with Crippen LogP contribution in [0.1, 0.15) is 25.3 Å². The summed E-state index contributed by atoms with van der Waals surface area (Å²) in [6.45, 7) is 2.57. The molecule has 0 aromatic heterocycles. The van der Waals surface area contributed by atoms with Crippen LogP contribution in [0.25, 0.3) is 0 Å². The molecule has 2 rings (SSSR count). The van der Waals surface area contributed by atoms with Crippen molar-refractivity contribution >= 4 is 11.6 Å². The van der Waals surface area contributed by atoms with Gasteiger partial charge in [0.1, 0.15) is 0 Å². The number of hydrogen-bond acceptors (Lipinski definition) is 2. The Morgan fingerprint density at radius 2 is 2.00 bits per heavy atom. The van der Waals surface area contributed by atoms with Gasteiger partial charge in [0.2, 0.25) is 5.91 Å². The molecule has 1 aromatic carbocycles. The van der Waals surface area contributed by atoms with E-state index in [9.17, 15) is 4.79 Å². The highest BCUT2D eigenvalue weighted by Gasteiger charge is 2.34. The van der Waals surface area contributed by atoms with Gasteiger partial charge in [-0.2, -0.15) is 0 Å². The molecule has 1 fully saturated rings. The normalized spacial score (nSPS) is 16.6. The van der Waals surface area contributed by atoms with E-state index in [4.69, 9.17) is 5.73 Å². The van der Waals surface area contributed by atoms with Crippen molar-refractivity contribution in [3.8, 4) is 0 Å². The van der Waals surface area contributed by atoms with Gasteiger partial charge in [0.25, 0.3) is 0 Å². The number of rotatable bonds is 4. The average molecular weight is 232 g/mol. The topological polar surface area (TPSA) is 46.3 Å². The Morgan fingerprint density at radius 1 is 1.41 bits per heavy atom. The second-order valence-corrected chi connectivity index (χ2v) is 4.89. The Bertz CT molecular complexity index is 395. The highest BCUT2D eigenvalue weighted by atomic mass is 16.2. The number of hydrogen-bond donors (Lipinski definition) is 1. The third-order valence-corrected chi connectivity index (χ3v) is 3.61. The van der Waals surface area contributed by atoms with Gasteiger partial charge in [-0.1, -0.05) is 19.1 Å². The Balaban J connectivity index is 2.06. The molecule has 0 aliphatic heterocycles. The van der Waals surface area contributed by atoms with Crippen molar-refractivity contribution < 1.29 is 4.79 Å². The molecule has 3 heteroatoms. The second-order valence-electron chi connectivity index (χ2n) is 4.89. The molecule has 3 nitrogen and oxygen atoms in total. The predicted octanol–water partition coefficient (Wildman–Crippen LogP) is 2.15. The first kappa shape index (κ1) is 12.1. The Labute approximate surface area is 103 Å². The van der Waals surface area contributed by atoms with Crippen LogP contribution in [-0.4, -0.2) is 13.0 Å². The zero-order chi connectivity index (χ0) is 12.4. The summed E-state index contributed by atoms with van der Waals surface area (Å²) in [6.07, 6.45) is 2.40. The molecule has 1 aliphatic rings. The quantitative estimate of drug-likeness (QED) is 0.864. The lowest BCUT2D eigenvalue weighted by Gasteiger charge is -2.21. The van der Waals surface area contributed by atoms with Gasteiger partial charge in [-0.05, 0) is 36.5 Å². The second kappa shape index (κ2) is 4.88. The summed E-state index contributed by atoms with van der Waals surface area (Å²) in [5, 5.41) is 0. The molecule has 0 heterocycles. The van der Waals surface area contributed by atoms with Gasteiger partial charge in [-0.3, -0.25) is 4.79 Å². The third kappa shape index (κ3) is 2.67. The zero-order valence-corrected chi connectivity index (χ0v) is 10.5. The fourth-order valence-corrected chi connectivity index (χ4v) is 2.09. The summed E-state index contributed by atoms with van der Waals surface area (Å²) in [5.41, 5.74) is 7.58.